The van der Waals surface area contributed by atoms with E-state index in [1.165, 1.54) is 0 Å². The number of carbonyl (C=O) groups excluding carboxylic acids is 2. The Labute approximate surface area is 204 Å². The number of rotatable bonds is 6. The van der Waals surface area contributed by atoms with Crippen LogP contribution in [0, 0.1) is 0 Å². The van der Waals surface area contributed by atoms with E-state index in [0.29, 0.717) is 22.6 Å². The number of alkyl halides is 3. The summed E-state index contributed by atoms with van der Waals surface area (Å²) in [7, 11) is 0. The highest BCUT2D eigenvalue weighted by Gasteiger charge is 2.28. The molecular weight excluding hydrogens is 473 g/mol. The monoisotopic (exact) mass is 496 g/mol. The lowest BCUT2D eigenvalue weighted by molar-refractivity contribution is -0.123. The maximum absolute atomic E-state index is 12.3. The van der Waals surface area contributed by atoms with Crippen LogP contribution in [0.3, 0.4) is 0 Å². The first kappa shape index (κ1) is 24.7. The van der Waals surface area contributed by atoms with Crippen LogP contribution in [0.25, 0.3) is 28.0 Å². The number of amides is 3. The van der Waals surface area contributed by atoms with E-state index in [1.807, 2.05) is 30.3 Å². The quantitative estimate of drug-likeness (QED) is 0.364. The number of nitrogens with zero attached hydrogens (tertiary/aromatic N) is 3. The van der Waals surface area contributed by atoms with E-state index in [0.717, 1.165) is 16.7 Å². The molecule has 4 rings (SSSR count). The van der Waals surface area contributed by atoms with Crippen molar-refractivity contribution in [2.45, 2.75) is 25.4 Å². The molecule has 4 aromatic rings. The molecule has 0 bridgehead atoms. The van der Waals surface area contributed by atoms with Crippen molar-refractivity contribution in [1.82, 2.24) is 19.9 Å². The summed E-state index contributed by atoms with van der Waals surface area (Å²) >= 11 is 0. The van der Waals surface area contributed by atoms with Gasteiger partial charge in [-0.1, -0.05) is 36.4 Å². The average Bonchev–Trinajstić information content (AvgIpc) is 3.26. The number of urea groups is 1. The Morgan fingerprint density at radius 3 is 2.36 bits per heavy atom. The van der Waals surface area contributed by atoms with Crippen LogP contribution >= 0.6 is 0 Å². The molecule has 11 heteroatoms. The average molecular weight is 496 g/mol. The smallest absolute Gasteiger partial charge is 0.369 e. The third-order valence-corrected chi connectivity index (χ3v) is 5.78. The minimum atomic E-state index is -4.50. The molecule has 0 saturated heterocycles. The Morgan fingerprint density at radius 2 is 1.69 bits per heavy atom. The van der Waals surface area contributed by atoms with E-state index in [-0.39, 0.29) is 0 Å². The molecule has 36 heavy (non-hydrogen) atoms. The number of aromatic nitrogens is 3. The van der Waals surface area contributed by atoms with Gasteiger partial charge in [0.15, 0.2) is 5.65 Å². The van der Waals surface area contributed by atoms with E-state index in [4.69, 9.17) is 5.73 Å². The summed E-state index contributed by atoms with van der Waals surface area (Å²) in [6, 6.07) is 15.0. The van der Waals surface area contributed by atoms with Gasteiger partial charge in [-0.3, -0.25) is 4.79 Å². The maximum Gasteiger partial charge on any atom is 0.405 e. The standard InChI is InChI=1S/C25H23F3N6O2/c1-24(2,22(29)35)18-8-6-15(7-9-18)17-11-21-30-13-20(34(21)32-12-17)16-4-3-5-19(10-16)33-23(36)31-14-25(26,27)28/h3-13H,14H2,1-2H3,(H2,29,35)(H2,31,33,36). The molecule has 2 heterocycles. The molecule has 0 atom stereocenters. The minimum Gasteiger partial charge on any atom is -0.369 e. The second-order valence-corrected chi connectivity index (χ2v) is 8.73. The van der Waals surface area contributed by atoms with E-state index >= 15 is 0 Å². The summed E-state index contributed by atoms with van der Waals surface area (Å²) in [6.07, 6.45) is -1.20. The van der Waals surface area contributed by atoms with Gasteiger partial charge in [0.1, 0.15) is 6.54 Å². The molecule has 4 N–H and O–H groups in total. The van der Waals surface area contributed by atoms with Gasteiger partial charge in [-0.15, -0.1) is 0 Å². The molecule has 186 valence electrons. The number of primary amides is 1. The summed E-state index contributed by atoms with van der Waals surface area (Å²) in [5.41, 5.74) is 9.40. The van der Waals surface area contributed by atoms with Crippen molar-refractivity contribution in [3.8, 4) is 22.4 Å². The lowest BCUT2D eigenvalue weighted by atomic mass is 9.83. The van der Waals surface area contributed by atoms with E-state index < -0.39 is 30.1 Å². The van der Waals surface area contributed by atoms with Gasteiger partial charge in [0.05, 0.1) is 23.5 Å². The normalized spacial score (nSPS) is 11.9. The largest absolute Gasteiger partial charge is 0.405 e. The van der Waals surface area contributed by atoms with Gasteiger partial charge < -0.3 is 16.4 Å². The zero-order valence-corrected chi connectivity index (χ0v) is 19.4. The molecule has 0 aliphatic rings. The molecule has 0 unspecified atom stereocenters. The van der Waals surface area contributed by atoms with Crippen molar-refractivity contribution in [3.63, 3.8) is 0 Å². The molecule has 2 aromatic carbocycles. The van der Waals surface area contributed by atoms with Gasteiger partial charge in [-0.25, -0.2) is 14.3 Å². The van der Waals surface area contributed by atoms with E-state index in [1.54, 1.807) is 60.3 Å². The van der Waals surface area contributed by atoms with Crippen LogP contribution in [0.1, 0.15) is 19.4 Å². The molecule has 0 spiro atoms. The van der Waals surface area contributed by atoms with Crippen molar-refractivity contribution in [3.05, 3.63) is 72.6 Å². The zero-order valence-electron chi connectivity index (χ0n) is 19.4. The first-order chi connectivity index (χ1) is 16.9. The molecule has 8 nitrogen and oxygen atoms in total. The van der Waals surface area contributed by atoms with Crippen LogP contribution in [0.5, 0.6) is 0 Å². The van der Waals surface area contributed by atoms with Crippen molar-refractivity contribution >= 4 is 23.3 Å². The Morgan fingerprint density at radius 1 is 0.972 bits per heavy atom. The number of fused-ring (bicyclic) bond motifs is 1. The highest BCUT2D eigenvalue weighted by molar-refractivity contribution is 5.90. The fraction of sp³-hybridized carbons (Fsp3) is 0.200. The Bertz CT molecular complexity index is 1430. The highest BCUT2D eigenvalue weighted by atomic mass is 19.4. The third-order valence-electron chi connectivity index (χ3n) is 5.78. The fourth-order valence-corrected chi connectivity index (χ4v) is 3.56. The van der Waals surface area contributed by atoms with Crippen LogP contribution in [0.4, 0.5) is 23.7 Å². The van der Waals surface area contributed by atoms with Crippen LogP contribution < -0.4 is 16.4 Å². The summed E-state index contributed by atoms with van der Waals surface area (Å²) in [4.78, 5) is 27.9. The van der Waals surface area contributed by atoms with Gasteiger partial charge in [-0.05, 0) is 43.2 Å². The molecular formula is C25H23F3N6O2. The van der Waals surface area contributed by atoms with Gasteiger partial charge in [0.25, 0.3) is 0 Å². The number of hydrogen-bond donors (Lipinski definition) is 3. The number of nitrogens with two attached hydrogens (primary N) is 1. The number of nitrogens with one attached hydrogen (secondary N) is 2. The number of anilines is 1. The molecule has 2 aromatic heterocycles. The second kappa shape index (κ2) is 9.33. The Hall–Kier alpha value is -4.41. The molecule has 0 saturated carbocycles. The zero-order chi connectivity index (χ0) is 26.1. The van der Waals surface area contributed by atoms with Crippen molar-refractivity contribution in [1.29, 1.82) is 0 Å². The Kier molecular flexibility index (Phi) is 6.40. The lowest BCUT2D eigenvalue weighted by Crippen LogP contribution is -2.36. The summed E-state index contributed by atoms with van der Waals surface area (Å²) in [6.45, 7) is 2.11. The molecule has 3 amide bonds. The number of benzene rings is 2. The maximum atomic E-state index is 12.3. The van der Waals surface area contributed by atoms with Crippen LogP contribution in [-0.4, -0.2) is 39.3 Å². The fourth-order valence-electron chi connectivity index (χ4n) is 3.56. The van der Waals surface area contributed by atoms with Gasteiger partial charge in [0.2, 0.25) is 5.91 Å². The minimum absolute atomic E-state index is 0.317. The second-order valence-electron chi connectivity index (χ2n) is 8.73. The lowest BCUT2D eigenvalue weighted by Gasteiger charge is -2.21. The summed E-state index contributed by atoms with van der Waals surface area (Å²) in [5, 5.41) is 8.65. The summed E-state index contributed by atoms with van der Waals surface area (Å²) in [5.74, 6) is -0.413. The van der Waals surface area contributed by atoms with Crippen LogP contribution in [0.15, 0.2) is 67.0 Å². The SMILES string of the molecule is CC(C)(C(N)=O)c1ccc(-c2cnn3c(-c4cccc(NC(=O)NCC(F)(F)F)c4)cnc3c2)cc1. The predicted octanol–water partition coefficient (Wildman–Crippen LogP) is 4.51. The highest BCUT2D eigenvalue weighted by Crippen LogP contribution is 2.28. The van der Waals surface area contributed by atoms with Crippen molar-refractivity contribution < 1.29 is 22.8 Å². The number of hydrogen-bond acceptors (Lipinski definition) is 4. The number of imidazole rings is 1. The van der Waals surface area contributed by atoms with Crippen LogP contribution in [-0.2, 0) is 10.2 Å². The van der Waals surface area contributed by atoms with Gasteiger partial charge >= 0.3 is 12.2 Å². The number of halogens is 3. The topological polar surface area (TPSA) is 114 Å². The van der Waals surface area contributed by atoms with E-state index in [9.17, 15) is 22.8 Å². The van der Waals surface area contributed by atoms with Crippen molar-refractivity contribution in [2.75, 3.05) is 11.9 Å². The predicted molar refractivity (Wildman–Crippen MR) is 129 cm³/mol. The molecule has 0 aliphatic carbocycles. The molecule has 0 radical (unpaired) electrons. The first-order valence-electron chi connectivity index (χ1n) is 10.9. The van der Waals surface area contributed by atoms with Gasteiger partial charge in [0, 0.05) is 16.8 Å². The van der Waals surface area contributed by atoms with Gasteiger partial charge in [-0.2, -0.15) is 18.3 Å². The van der Waals surface area contributed by atoms with E-state index in [2.05, 4.69) is 15.4 Å². The first-order valence-corrected chi connectivity index (χ1v) is 10.9. The van der Waals surface area contributed by atoms with Crippen LogP contribution in [0.2, 0.25) is 0 Å². The molecule has 0 fully saturated rings. The number of carbonyl (C=O) groups is 2. The summed E-state index contributed by atoms with van der Waals surface area (Å²) < 4.78 is 38.5. The third kappa shape index (κ3) is 5.29. The molecule has 0 aliphatic heterocycles. The Balaban J connectivity index is 1.55. The van der Waals surface area contributed by atoms with Crippen molar-refractivity contribution in [2.24, 2.45) is 5.73 Å².